The average Bonchev–Trinajstić information content (AvgIpc) is 3.33. The minimum atomic E-state index is -3.24. The summed E-state index contributed by atoms with van der Waals surface area (Å²) in [7, 11) is -3.24. The third-order valence-corrected chi connectivity index (χ3v) is 9.22. The number of nitrogens with zero attached hydrogens (tertiary/aromatic N) is 4. The third kappa shape index (κ3) is 4.02. The van der Waals surface area contributed by atoms with Crippen LogP contribution in [0.4, 0.5) is 4.39 Å². The van der Waals surface area contributed by atoms with Gasteiger partial charge in [0.2, 0.25) is 10.0 Å². The zero-order valence-electron chi connectivity index (χ0n) is 16.2. The Morgan fingerprint density at radius 1 is 1.33 bits per heavy atom. The topological polar surface area (TPSA) is 109 Å². The zero-order valence-corrected chi connectivity index (χ0v) is 18.6. The van der Waals surface area contributed by atoms with Crippen LogP contribution in [-0.2, 0) is 22.9 Å². The Morgan fingerprint density at radius 3 is 2.70 bits per heavy atom. The van der Waals surface area contributed by atoms with Crippen molar-refractivity contribution in [2.45, 2.75) is 49.7 Å². The minimum absolute atomic E-state index is 0.212. The van der Waals surface area contributed by atoms with Gasteiger partial charge in [-0.15, -0.1) is 0 Å². The summed E-state index contributed by atoms with van der Waals surface area (Å²) < 4.78 is 45.1. The first kappa shape index (κ1) is 21.4. The summed E-state index contributed by atoms with van der Waals surface area (Å²) in [6.07, 6.45) is 4.14. The Labute approximate surface area is 182 Å². The number of rotatable bonds is 9. The highest BCUT2D eigenvalue weighted by Crippen LogP contribution is 2.49. The van der Waals surface area contributed by atoms with E-state index in [1.165, 1.54) is 6.07 Å². The highest BCUT2D eigenvalue weighted by molar-refractivity contribution is 9.10. The quantitative estimate of drug-likeness (QED) is 0.321. The lowest BCUT2D eigenvalue weighted by molar-refractivity contribution is 0.299. The Morgan fingerprint density at radius 2 is 2.10 bits per heavy atom. The van der Waals surface area contributed by atoms with Crippen LogP contribution < -0.4 is 0 Å². The van der Waals surface area contributed by atoms with E-state index in [0.29, 0.717) is 61.1 Å². The standard InChI is InChI=1S/C19H22BrFN4O4S/c20-14-11-13(4-5-15(14)21)12-17(22-26)18-16(23-29-24-18)3-1-6-19(7-8-19)30(27,28)25-9-2-10-25/h4-5,11,26H,1-3,6-10,12H2/b22-17+. The molecule has 0 radical (unpaired) electrons. The van der Waals surface area contributed by atoms with Crippen molar-refractivity contribution in [2.24, 2.45) is 5.16 Å². The second kappa shape index (κ2) is 8.35. The molecule has 1 saturated heterocycles. The average molecular weight is 501 g/mol. The number of hydrogen-bond acceptors (Lipinski definition) is 7. The van der Waals surface area contributed by atoms with Gasteiger partial charge in [0.25, 0.3) is 0 Å². The van der Waals surface area contributed by atoms with Gasteiger partial charge in [-0.2, -0.15) is 0 Å². The van der Waals surface area contributed by atoms with E-state index in [1.807, 2.05) is 0 Å². The Kier molecular flexibility index (Phi) is 5.95. The van der Waals surface area contributed by atoms with E-state index in [4.69, 9.17) is 4.63 Å². The number of benzene rings is 1. The summed E-state index contributed by atoms with van der Waals surface area (Å²) in [6, 6.07) is 4.52. The van der Waals surface area contributed by atoms with Gasteiger partial charge in [0.05, 0.1) is 9.22 Å². The first-order valence-electron chi connectivity index (χ1n) is 9.83. The van der Waals surface area contributed by atoms with Gasteiger partial charge in [-0.3, -0.25) is 0 Å². The van der Waals surface area contributed by atoms with Crippen LogP contribution in [0.15, 0.2) is 32.5 Å². The molecule has 11 heteroatoms. The third-order valence-electron chi connectivity index (χ3n) is 5.86. The van der Waals surface area contributed by atoms with E-state index in [1.54, 1.807) is 16.4 Å². The van der Waals surface area contributed by atoms with E-state index in [2.05, 4.69) is 31.4 Å². The van der Waals surface area contributed by atoms with Gasteiger partial charge in [-0.25, -0.2) is 21.7 Å². The fraction of sp³-hybridized carbons (Fsp3) is 0.526. The molecule has 162 valence electrons. The van der Waals surface area contributed by atoms with Crippen LogP contribution in [0.3, 0.4) is 0 Å². The van der Waals surface area contributed by atoms with Crippen LogP contribution >= 0.6 is 15.9 Å². The van der Waals surface area contributed by atoms with Gasteiger partial charge < -0.3 is 5.21 Å². The van der Waals surface area contributed by atoms with Crippen molar-refractivity contribution in [3.05, 3.63) is 45.4 Å². The SMILES string of the molecule is O=S(=O)(N1CCC1)C1(CCCc2nonc2/C(Cc2ccc(F)c(Br)c2)=N/O)CC1. The highest BCUT2D eigenvalue weighted by Gasteiger charge is 2.56. The minimum Gasteiger partial charge on any atom is -0.411 e. The van der Waals surface area contributed by atoms with Gasteiger partial charge in [0, 0.05) is 19.5 Å². The monoisotopic (exact) mass is 500 g/mol. The van der Waals surface area contributed by atoms with Crippen molar-refractivity contribution in [2.75, 3.05) is 13.1 Å². The summed E-state index contributed by atoms with van der Waals surface area (Å²) in [5.74, 6) is -0.382. The molecule has 4 rings (SSSR count). The van der Waals surface area contributed by atoms with Gasteiger partial charge in [0.1, 0.15) is 17.2 Å². The van der Waals surface area contributed by atoms with Crippen molar-refractivity contribution in [1.29, 1.82) is 0 Å². The van der Waals surface area contributed by atoms with Gasteiger partial charge in [0.15, 0.2) is 5.69 Å². The molecular weight excluding hydrogens is 479 g/mol. The van der Waals surface area contributed by atoms with Crippen molar-refractivity contribution in [1.82, 2.24) is 14.6 Å². The molecule has 1 aromatic carbocycles. The summed E-state index contributed by atoms with van der Waals surface area (Å²) in [4.78, 5) is 0. The number of aromatic nitrogens is 2. The summed E-state index contributed by atoms with van der Waals surface area (Å²) in [5, 5.41) is 20.6. The largest absolute Gasteiger partial charge is 0.411 e. The molecule has 8 nitrogen and oxygen atoms in total. The van der Waals surface area contributed by atoms with Crippen molar-refractivity contribution in [3.63, 3.8) is 0 Å². The van der Waals surface area contributed by atoms with Crippen LogP contribution in [0.1, 0.15) is 49.1 Å². The van der Waals surface area contributed by atoms with Crippen molar-refractivity contribution in [3.8, 4) is 0 Å². The van der Waals surface area contributed by atoms with Gasteiger partial charge >= 0.3 is 0 Å². The molecule has 0 bridgehead atoms. The molecule has 0 atom stereocenters. The van der Waals surface area contributed by atoms with E-state index in [9.17, 15) is 18.0 Å². The Bertz CT molecular complexity index is 1060. The number of halogens is 2. The van der Waals surface area contributed by atoms with Crippen LogP contribution in [0.5, 0.6) is 0 Å². The van der Waals surface area contributed by atoms with Crippen LogP contribution in [-0.4, -0.2) is 51.8 Å². The van der Waals surface area contributed by atoms with Crippen LogP contribution in [0.2, 0.25) is 0 Å². The molecule has 2 heterocycles. The predicted octanol–water partition coefficient (Wildman–Crippen LogP) is 3.28. The van der Waals surface area contributed by atoms with Crippen molar-refractivity contribution >= 4 is 31.7 Å². The molecule has 1 aliphatic carbocycles. The first-order chi connectivity index (χ1) is 14.4. The maximum absolute atomic E-state index is 13.4. The summed E-state index contributed by atoms with van der Waals surface area (Å²) >= 11 is 3.14. The molecule has 2 aromatic rings. The Hall–Kier alpha value is -1.85. The molecule has 1 saturated carbocycles. The summed E-state index contributed by atoms with van der Waals surface area (Å²) in [6.45, 7) is 1.24. The number of aryl methyl sites for hydroxylation is 1. The number of oxime groups is 1. The first-order valence-corrected chi connectivity index (χ1v) is 12.1. The molecule has 1 aliphatic heterocycles. The van der Waals surface area contributed by atoms with E-state index >= 15 is 0 Å². The van der Waals surface area contributed by atoms with Crippen LogP contribution in [0.25, 0.3) is 0 Å². The normalized spacial score (nSPS) is 18.9. The van der Waals surface area contributed by atoms with Gasteiger partial charge in [-0.05, 0) is 77.3 Å². The maximum atomic E-state index is 13.4. The second-order valence-corrected chi connectivity index (χ2v) is 11.0. The lowest BCUT2D eigenvalue weighted by atomic mass is 10.0. The van der Waals surface area contributed by atoms with E-state index < -0.39 is 14.8 Å². The van der Waals surface area contributed by atoms with E-state index in [-0.39, 0.29) is 17.9 Å². The molecule has 0 spiro atoms. The smallest absolute Gasteiger partial charge is 0.219 e. The lowest BCUT2D eigenvalue weighted by Crippen LogP contribution is -2.47. The lowest BCUT2D eigenvalue weighted by Gasteiger charge is -2.33. The van der Waals surface area contributed by atoms with Crippen molar-refractivity contribution < 1.29 is 22.6 Å². The molecular formula is C19H22BrFN4O4S. The van der Waals surface area contributed by atoms with Crippen LogP contribution in [0, 0.1) is 5.82 Å². The molecule has 2 aliphatic rings. The Balaban J connectivity index is 1.41. The molecule has 0 unspecified atom stereocenters. The molecule has 30 heavy (non-hydrogen) atoms. The molecule has 2 fully saturated rings. The summed E-state index contributed by atoms with van der Waals surface area (Å²) in [5.41, 5.74) is 1.82. The second-order valence-electron chi connectivity index (χ2n) is 7.83. The van der Waals surface area contributed by atoms with E-state index in [0.717, 1.165) is 12.0 Å². The zero-order chi connectivity index (χ0) is 21.4. The maximum Gasteiger partial charge on any atom is 0.219 e. The fourth-order valence-electron chi connectivity index (χ4n) is 3.75. The van der Waals surface area contributed by atoms with Gasteiger partial charge in [-0.1, -0.05) is 16.4 Å². The fourth-order valence-corrected chi connectivity index (χ4v) is 6.49. The number of sulfonamides is 1. The number of hydrogen-bond donors (Lipinski definition) is 1. The molecule has 0 amide bonds. The molecule has 1 N–H and O–H groups in total. The predicted molar refractivity (Wildman–Crippen MR) is 110 cm³/mol. The molecule has 1 aromatic heterocycles. The highest BCUT2D eigenvalue weighted by atomic mass is 79.9.